The molecule has 1 aromatic carbocycles. The molecule has 6 nitrogen and oxygen atoms in total. The normalized spacial score (nSPS) is 12.0. The number of likely N-dealkylation sites (N-methyl/N-ethyl adjacent to an activating group) is 1. The SMILES string of the molecule is CN=C(NCCc1nc(C(C)(C)C)cs1)N(C)CCc1ccc(OC)c(OC)c1. The van der Waals surface area contributed by atoms with Crippen LogP contribution in [0.5, 0.6) is 11.5 Å². The maximum atomic E-state index is 5.39. The van der Waals surface area contributed by atoms with E-state index >= 15 is 0 Å². The first-order chi connectivity index (χ1) is 13.8. The molecule has 0 unspecified atom stereocenters. The van der Waals surface area contributed by atoms with Crippen molar-refractivity contribution >= 4 is 17.3 Å². The summed E-state index contributed by atoms with van der Waals surface area (Å²) in [5, 5.41) is 6.76. The molecule has 0 atom stereocenters. The number of aromatic nitrogens is 1. The molecule has 7 heteroatoms. The summed E-state index contributed by atoms with van der Waals surface area (Å²) in [6.45, 7) is 8.24. The third kappa shape index (κ3) is 6.63. The Kier molecular flexibility index (Phi) is 8.32. The van der Waals surface area contributed by atoms with Gasteiger partial charge in [-0.05, 0) is 24.1 Å². The quantitative estimate of drug-likeness (QED) is 0.523. The fourth-order valence-corrected chi connectivity index (χ4v) is 3.90. The number of hydrogen-bond donors (Lipinski definition) is 1. The van der Waals surface area contributed by atoms with Crippen molar-refractivity contribution in [1.29, 1.82) is 0 Å². The van der Waals surface area contributed by atoms with E-state index in [1.54, 1.807) is 25.6 Å². The number of methoxy groups -OCH3 is 2. The topological polar surface area (TPSA) is 59.0 Å². The summed E-state index contributed by atoms with van der Waals surface area (Å²) >= 11 is 1.73. The minimum atomic E-state index is 0.0998. The zero-order valence-corrected chi connectivity index (χ0v) is 19.5. The van der Waals surface area contributed by atoms with Crippen LogP contribution in [0.15, 0.2) is 28.6 Å². The zero-order valence-electron chi connectivity index (χ0n) is 18.7. The van der Waals surface area contributed by atoms with Crippen molar-refractivity contribution in [3.8, 4) is 11.5 Å². The minimum Gasteiger partial charge on any atom is -0.493 e. The Bertz CT molecular complexity index is 811. The summed E-state index contributed by atoms with van der Waals surface area (Å²) in [7, 11) is 7.18. The Labute approximate surface area is 179 Å². The summed E-state index contributed by atoms with van der Waals surface area (Å²) in [6.07, 6.45) is 1.78. The lowest BCUT2D eigenvalue weighted by Crippen LogP contribution is -2.40. The number of aliphatic imine (C=N–C) groups is 1. The van der Waals surface area contributed by atoms with Crippen LogP contribution in [0, 0.1) is 0 Å². The summed E-state index contributed by atoms with van der Waals surface area (Å²) in [5.41, 5.74) is 2.46. The van der Waals surface area contributed by atoms with Crippen molar-refractivity contribution in [1.82, 2.24) is 15.2 Å². The van der Waals surface area contributed by atoms with Crippen LogP contribution in [0.3, 0.4) is 0 Å². The van der Waals surface area contributed by atoms with Gasteiger partial charge in [0.05, 0.1) is 24.9 Å². The molecule has 2 rings (SSSR count). The van der Waals surface area contributed by atoms with Gasteiger partial charge in [0, 0.05) is 44.4 Å². The third-order valence-electron chi connectivity index (χ3n) is 4.70. The molecule has 0 aliphatic rings. The van der Waals surface area contributed by atoms with Gasteiger partial charge < -0.3 is 19.7 Å². The fraction of sp³-hybridized carbons (Fsp3) is 0.545. The molecule has 0 fully saturated rings. The van der Waals surface area contributed by atoms with Crippen molar-refractivity contribution in [2.75, 3.05) is 41.4 Å². The van der Waals surface area contributed by atoms with Crippen molar-refractivity contribution in [3.63, 3.8) is 0 Å². The van der Waals surface area contributed by atoms with Crippen LogP contribution in [0.25, 0.3) is 0 Å². The maximum Gasteiger partial charge on any atom is 0.193 e. The lowest BCUT2D eigenvalue weighted by Gasteiger charge is -2.22. The van der Waals surface area contributed by atoms with Gasteiger partial charge in [-0.25, -0.2) is 4.98 Å². The first kappa shape index (κ1) is 23.0. The molecular formula is C22H34N4O2S. The van der Waals surface area contributed by atoms with Crippen LogP contribution in [0.4, 0.5) is 0 Å². The molecule has 0 radical (unpaired) electrons. The molecule has 1 heterocycles. The van der Waals surface area contributed by atoms with Crippen LogP contribution >= 0.6 is 11.3 Å². The fourth-order valence-electron chi connectivity index (χ4n) is 2.88. The van der Waals surface area contributed by atoms with Gasteiger partial charge in [0.1, 0.15) is 0 Å². The average molecular weight is 419 g/mol. The van der Waals surface area contributed by atoms with E-state index in [9.17, 15) is 0 Å². The highest BCUT2D eigenvalue weighted by molar-refractivity contribution is 7.09. The first-order valence-corrected chi connectivity index (χ1v) is 10.7. The summed E-state index contributed by atoms with van der Waals surface area (Å²) < 4.78 is 10.7. The van der Waals surface area contributed by atoms with E-state index in [0.717, 1.165) is 54.1 Å². The van der Waals surface area contributed by atoms with Crippen molar-refractivity contribution in [2.45, 2.75) is 39.0 Å². The molecule has 0 saturated carbocycles. The number of rotatable bonds is 8. The molecule has 0 saturated heterocycles. The van der Waals surface area contributed by atoms with E-state index in [-0.39, 0.29) is 5.41 Å². The van der Waals surface area contributed by atoms with Crippen molar-refractivity contribution in [2.24, 2.45) is 4.99 Å². The van der Waals surface area contributed by atoms with Gasteiger partial charge in [0.2, 0.25) is 0 Å². The number of nitrogens with one attached hydrogen (secondary N) is 1. The lowest BCUT2D eigenvalue weighted by molar-refractivity contribution is 0.354. The highest BCUT2D eigenvalue weighted by atomic mass is 32.1. The smallest absolute Gasteiger partial charge is 0.193 e. The van der Waals surface area contributed by atoms with Crippen LogP contribution in [0.2, 0.25) is 0 Å². The Morgan fingerprint density at radius 2 is 1.90 bits per heavy atom. The number of hydrogen-bond acceptors (Lipinski definition) is 5. The Balaban J connectivity index is 1.84. The minimum absolute atomic E-state index is 0.0998. The van der Waals surface area contributed by atoms with Gasteiger partial charge in [-0.3, -0.25) is 4.99 Å². The second-order valence-electron chi connectivity index (χ2n) is 7.96. The van der Waals surface area contributed by atoms with Gasteiger partial charge >= 0.3 is 0 Å². The molecule has 2 aromatic rings. The van der Waals surface area contributed by atoms with E-state index in [0.29, 0.717) is 0 Å². The molecule has 29 heavy (non-hydrogen) atoms. The Hall–Kier alpha value is -2.28. The van der Waals surface area contributed by atoms with E-state index in [2.05, 4.69) is 54.5 Å². The molecule has 0 aliphatic heterocycles. The van der Waals surface area contributed by atoms with E-state index in [1.165, 1.54) is 5.56 Å². The zero-order chi connectivity index (χ0) is 21.4. The van der Waals surface area contributed by atoms with E-state index in [1.807, 2.05) is 19.2 Å². The van der Waals surface area contributed by atoms with Crippen LogP contribution in [0.1, 0.15) is 37.0 Å². The summed E-state index contributed by atoms with van der Waals surface area (Å²) in [4.78, 5) is 11.3. The molecule has 1 N–H and O–H groups in total. The molecule has 1 aromatic heterocycles. The van der Waals surface area contributed by atoms with Crippen molar-refractivity contribution in [3.05, 3.63) is 39.8 Å². The predicted octanol–water partition coefficient (Wildman–Crippen LogP) is 3.75. The molecule has 0 amide bonds. The highest BCUT2D eigenvalue weighted by Crippen LogP contribution is 2.27. The average Bonchev–Trinajstić information content (AvgIpc) is 3.18. The second-order valence-corrected chi connectivity index (χ2v) is 8.90. The number of guanidine groups is 1. The monoisotopic (exact) mass is 418 g/mol. The number of thiazole rings is 1. The van der Waals surface area contributed by atoms with Gasteiger partial charge in [-0.1, -0.05) is 26.8 Å². The largest absolute Gasteiger partial charge is 0.493 e. The number of ether oxygens (including phenoxy) is 2. The van der Waals surface area contributed by atoms with E-state index < -0.39 is 0 Å². The van der Waals surface area contributed by atoms with Crippen LogP contribution < -0.4 is 14.8 Å². The van der Waals surface area contributed by atoms with Crippen LogP contribution in [-0.4, -0.2) is 57.2 Å². The molecule has 0 spiro atoms. The summed E-state index contributed by atoms with van der Waals surface area (Å²) in [5.74, 6) is 2.39. The first-order valence-electron chi connectivity index (χ1n) is 9.86. The molecular weight excluding hydrogens is 384 g/mol. The molecule has 0 aliphatic carbocycles. The highest BCUT2D eigenvalue weighted by Gasteiger charge is 2.17. The number of benzene rings is 1. The molecule has 160 valence electrons. The standard InChI is InChI=1S/C22H34N4O2S/c1-22(2,3)19-15-29-20(25-19)10-12-24-21(23-4)26(5)13-11-16-8-9-17(27-6)18(14-16)28-7/h8-9,14-15H,10-13H2,1-7H3,(H,23,24). The Morgan fingerprint density at radius 3 is 2.48 bits per heavy atom. The van der Waals surface area contributed by atoms with Gasteiger partial charge in [-0.2, -0.15) is 0 Å². The lowest BCUT2D eigenvalue weighted by atomic mass is 9.93. The Morgan fingerprint density at radius 1 is 1.17 bits per heavy atom. The van der Waals surface area contributed by atoms with Gasteiger partial charge in [0.15, 0.2) is 17.5 Å². The van der Waals surface area contributed by atoms with Gasteiger partial charge in [-0.15, -0.1) is 11.3 Å². The van der Waals surface area contributed by atoms with E-state index in [4.69, 9.17) is 14.5 Å². The summed E-state index contributed by atoms with van der Waals surface area (Å²) in [6, 6.07) is 6.04. The number of nitrogens with zero attached hydrogens (tertiary/aromatic N) is 3. The van der Waals surface area contributed by atoms with Crippen molar-refractivity contribution < 1.29 is 9.47 Å². The molecule has 0 bridgehead atoms. The maximum absolute atomic E-state index is 5.39. The van der Waals surface area contributed by atoms with Gasteiger partial charge in [0.25, 0.3) is 0 Å². The predicted molar refractivity (Wildman–Crippen MR) is 122 cm³/mol. The third-order valence-corrected chi connectivity index (χ3v) is 5.61. The second kappa shape index (κ2) is 10.5. The van der Waals surface area contributed by atoms with Crippen LogP contribution in [-0.2, 0) is 18.3 Å².